The number of Topliss-reactive ketones (excluding diaryl/α,β-unsaturated/α-hetero) is 1. The summed E-state index contributed by atoms with van der Waals surface area (Å²) in [6.45, 7) is 9.36. The number of hydrogen-bond acceptors (Lipinski definition) is 5. The van der Waals surface area contributed by atoms with Gasteiger partial charge in [-0.25, -0.2) is 0 Å². The Balaban J connectivity index is 2.31. The van der Waals surface area contributed by atoms with Crippen molar-refractivity contribution in [2.24, 2.45) is 29.6 Å². The average molecular weight is 376 g/mol. The molecule has 0 bridgehead atoms. The van der Waals surface area contributed by atoms with Gasteiger partial charge in [-0.1, -0.05) is 30.2 Å². The molecule has 27 heavy (non-hydrogen) atoms. The highest BCUT2D eigenvalue weighted by Crippen LogP contribution is 2.50. The summed E-state index contributed by atoms with van der Waals surface area (Å²) in [7, 11) is 0. The summed E-state index contributed by atoms with van der Waals surface area (Å²) in [5, 5.41) is 10.5. The number of esters is 1. The second-order valence-electron chi connectivity index (χ2n) is 8.37. The Hall–Kier alpha value is -1.75. The van der Waals surface area contributed by atoms with Gasteiger partial charge in [0.05, 0.1) is 6.10 Å². The van der Waals surface area contributed by atoms with Gasteiger partial charge in [0.2, 0.25) is 0 Å². The zero-order valence-electron chi connectivity index (χ0n) is 17.0. The van der Waals surface area contributed by atoms with Crippen LogP contribution in [0.1, 0.15) is 53.9 Å². The topological polar surface area (TPSA) is 80.7 Å². The van der Waals surface area contributed by atoms with Crippen molar-refractivity contribution < 1.29 is 24.2 Å². The van der Waals surface area contributed by atoms with Gasteiger partial charge in [-0.05, 0) is 45.4 Å². The monoisotopic (exact) mass is 376 g/mol. The van der Waals surface area contributed by atoms with Crippen LogP contribution >= 0.6 is 0 Å². The third kappa shape index (κ3) is 4.75. The van der Waals surface area contributed by atoms with Crippen LogP contribution in [-0.4, -0.2) is 35.4 Å². The van der Waals surface area contributed by atoms with Crippen LogP contribution in [0.3, 0.4) is 0 Å². The molecule has 1 N–H and O–H groups in total. The minimum Gasteiger partial charge on any atom is -0.462 e. The van der Waals surface area contributed by atoms with Gasteiger partial charge in [0, 0.05) is 31.1 Å². The van der Waals surface area contributed by atoms with E-state index in [2.05, 4.69) is 12.2 Å². The fraction of sp³-hybridized carbons (Fsp3) is 0.682. The smallest absolute Gasteiger partial charge is 0.302 e. The maximum atomic E-state index is 12.8. The molecule has 2 aliphatic carbocycles. The molecule has 2 aliphatic rings. The molecule has 0 spiro atoms. The average Bonchev–Trinajstić information content (AvgIpc) is 3.02. The number of hydrogen-bond donors (Lipinski definition) is 1. The third-order valence-electron chi connectivity index (χ3n) is 6.22. The first-order chi connectivity index (χ1) is 12.7. The molecule has 2 fully saturated rings. The minimum atomic E-state index is -0.739. The second-order valence-corrected chi connectivity index (χ2v) is 8.37. The molecule has 0 aromatic carbocycles. The molecule has 5 nitrogen and oxygen atoms in total. The summed E-state index contributed by atoms with van der Waals surface area (Å²) in [5.41, 5.74) is 2.34. The molecule has 0 aliphatic heterocycles. The molecule has 0 radical (unpaired) electrons. The van der Waals surface area contributed by atoms with Crippen LogP contribution in [0.15, 0.2) is 23.3 Å². The normalized spacial score (nSPS) is 36.6. The Bertz CT molecular complexity index is 643. The van der Waals surface area contributed by atoms with E-state index in [4.69, 9.17) is 4.74 Å². The molecule has 2 saturated carbocycles. The summed E-state index contributed by atoms with van der Waals surface area (Å²) in [4.78, 5) is 35.9. The van der Waals surface area contributed by atoms with Crippen LogP contribution in [-0.2, 0) is 19.1 Å². The zero-order valence-corrected chi connectivity index (χ0v) is 17.0. The fourth-order valence-corrected chi connectivity index (χ4v) is 4.86. The number of allylic oxidation sites excluding steroid dienone is 4. The standard InChI is InChI=1S/C22H32O5/c1-12(2)7-6-8-13(3)16-9-18(25)17(11-23)22(16)21-14(4)20(10-19(21)26)27-15(5)24/h7-8,11,14,16-18,20-22,25H,6,9-10H2,1-5H3. The largest absolute Gasteiger partial charge is 0.462 e. The van der Waals surface area contributed by atoms with Crippen molar-refractivity contribution in [1.82, 2.24) is 0 Å². The Morgan fingerprint density at radius 2 is 1.89 bits per heavy atom. The minimum absolute atomic E-state index is 0.0201. The number of aldehydes is 1. The molecule has 0 saturated heterocycles. The SMILES string of the molecule is CC(=O)OC1CC(=O)C(C2C(C(C)=CCC=C(C)C)CC(O)C2C=O)C1C. The van der Waals surface area contributed by atoms with Gasteiger partial charge in [0.25, 0.3) is 0 Å². The van der Waals surface area contributed by atoms with E-state index in [9.17, 15) is 19.5 Å². The predicted molar refractivity (Wildman–Crippen MR) is 103 cm³/mol. The maximum absolute atomic E-state index is 12.8. The van der Waals surface area contributed by atoms with Crippen LogP contribution < -0.4 is 0 Å². The first kappa shape index (κ1) is 21.5. The summed E-state index contributed by atoms with van der Waals surface area (Å²) in [5.74, 6) is -1.73. The molecule has 0 amide bonds. The van der Waals surface area contributed by atoms with Gasteiger partial charge < -0.3 is 14.6 Å². The lowest BCUT2D eigenvalue weighted by molar-refractivity contribution is -0.148. The van der Waals surface area contributed by atoms with E-state index in [-0.39, 0.29) is 35.9 Å². The summed E-state index contributed by atoms with van der Waals surface area (Å²) < 4.78 is 5.33. The van der Waals surface area contributed by atoms with E-state index in [1.165, 1.54) is 12.5 Å². The van der Waals surface area contributed by atoms with Gasteiger partial charge in [-0.2, -0.15) is 0 Å². The van der Waals surface area contributed by atoms with Crippen molar-refractivity contribution in [3.8, 4) is 0 Å². The number of carbonyl (C=O) groups excluding carboxylic acids is 3. The van der Waals surface area contributed by atoms with Crippen LogP contribution in [0.2, 0.25) is 0 Å². The van der Waals surface area contributed by atoms with E-state index < -0.39 is 24.1 Å². The Labute approximate surface area is 161 Å². The number of aliphatic hydroxyl groups is 1. The molecule has 0 aromatic heterocycles. The number of rotatable bonds is 6. The maximum Gasteiger partial charge on any atom is 0.302 e. The third-order valence-corrected chi connectivity index (χ3v) is 6.22. The van der Waals surface area contributed by atoms with Crippen molar-refractivity contribution in [2.45, 2.75) is 66.1 Å². The number of ether oxygens (including phenoxy) is 1. The van der Waals surface area contributed by atoms with E-state index in [0.717, 1.165) is 18.3 Å². The molecule has 0 aromatic rings. The lowest BCUT2D eigenvalue weighted by Crippen LogP contribution is -2.35. The lowest BCUT2D eigenvalue weighted by Gasteiger charge is -2.31. The first-order valence-corrected chi connectivity index (χ1v) is 9.80. The van der Waals surface area contributed by atoms with E-state index in [1.807, 2.05) is 27.7 Å². The first-order valence-electron chi connectivity index (χ1n) is 9.80. The van der Waals surface area contributed by atoms with E-state index in [0.29, 0.717) is 6.42 Å². The Morgan fingerprint density at radius 3 is 2.44 bits per heavy atom. The van der Waals surface area contributed by atoms with Crippen molar-refractivity contribution in [3.05, 3.63) is 23.3 Å². The van der Waals surface area contributed by atoms with Crippen LogP contribution in [0.25, 0.3) is 0 Å². The highest BCUT2D eigenvalue weighted by atomic mass is 16.5. The summed E-state index contributed by atoms with van der Waals surface area (Å²) in [6.07, 6.45) is 5.34. The van der Waals surface area contributed by atoms with Gasteiger partial charge in [-0.3, -0.25) is 9.59 Å². The number of aliphatic hydroxyl groups excluding tert-OH is 1. The van der Waals surface area contributed by atoms with E-state index >= 15 is 0 Å². The van der Waals surface area contributed by atoms with Crippen molar-refractivity contribution in [1.29, 1.82) is 0 Å². The van der Waals surface area contributed by atoms with Gasteiger partial charge in [0.15, 0.2) is 0 Å². The molecule has 7 atom stereocenters. The molecule has 7 unspecified atom stereocenters. The molecular formula is C22H32O5. The van der Waals surface area contributed by atoms with Gasteiger partial charge in [-0.15, -0.1) is 0 Å². The zero-order chi connectivity index (χ0) is 20.3. The molecule has 5 heteroatoms. The predicted octanol–water partition coefficient (Wildman–Crippen LogP) is 3.26. The van der Waals surface area contributed by atoms with Gasteiger partial charge in [0.1, 0.15) is 18.2 Å². The Morgan fingerprint density at radius 1 is 1.22 bits per heavy atom. The molecule has 0 heterocycles. The summed E-state index contributed by atoms with van der Waals surface area (Å²) >= 11 is 0. The van der Waals surface area contributed by atoms with Crippen molar-refractivity contribution >= 4 is 18.0 Å². The fourth-order valence-electron chi connectivity index (χ4n) is 4.86. The highest BCUT2D eigenvalue weighted by molar-refractivity contribution is 5.85. The number of carbonyl (C=O) groups is 3. The van der Waals surface area contributed by atoms with Crippen molar-refractivity contribution in [3.63, 3.8) is 0 Å². The van der Waals surface area contributed by atoms with E-state index in [1.54, 1.807) is 0 Å². The van der Waals surface area contributed by atoms with Crippen LogP contribution in [0.4, 0.5) is 0 Å². The molecule has 150 valence electrons. The van der Waals surface area contributed by atoms with Gasteiger partial charge >= 0.3 is 5.97 Å². The molecular weight excluding hydrogens is 344 g/mol. The Kier molecular flexibility index (Phi) is 7.15. The number of ketones is 1. The summed E-state index contributed by atoms with van der Waals surface area (Å²) in [6, 6.07) is 0. The lowest BCUT2D eigenvalue weighted by atomic mass is 9.72. The second kappa shape index (κ2) is 8.96. The van der Waals surface area contributed by atoms with Crippen LogP contribution in [0, 0.1) is 29.6 Å². The van der Waals surface area contributed by atoms with Crippen LogP contribution in [0.5, 0.6) is 0 Å². The highest BCUT2D eigenvalue weighted by Gasteiger charge is 2.54. The van der Waals surface area contributed by atoms with Crippen molar-refractivity contribution in [2.75, 3.05) is 0 Å². The quantitative estimate of drug-likeness (QED) is 0.437. The molecule has 2 rings (SSSR count).